The molecule has 5 aliphatic heterocycles. The summed E-state index contributed by atoms with van der Waals surface area (Å²) in [6, 6.07) is 0. The van der Waals surface area contributed by atoms with Gasteiger partial charge < -0.3 is 45.7 Å². The molecule has 1 aliphatic carbocycles. The molecule has 6 aliphatic rings. The zero-order valence-electron chi connectivity index (χ0n) is 10.7. The summed E-state index contributed by atoms with van der Waals surface area (Å²) < 4.78 is 16.4. The molecule has 1 saturated carbocycles. The zero-order chi connectivity index (χ0) is 14.8. The van der Waals surface area contributed by atoms with Crippen molar-refractivity contribution >= 4 is 5.96 Å². The second kappa shape index (κ2) is 3.18. The predicted molar refractivity (Wildman–Crippen MR) is 62.4 cm³/mol. The van der Waals surface area contributed by atoms with Crippen LogP contribution in [0, 0.1) is 5.92 Å². The number of aliphatic imine (C=N–C) groups is 1. The minimum Gasteiger partial charge on any atom is -0.393 e. The number of aliphatic hydroxyl groups excluding tert-OH is 2. The van der Waals surface area contributed by atoms with Crippen LogP contribution in [0.25, 0.3) is 0 Å². The summed E-state index contributed by atoms with van der Waals surface area (Å²) in [6.45, 7) is -0.696. The lowest BCUT2D eigenvalue weighted by Gasteiger charge is -2.68. The minimum atomic E-state index is -2.13. The summed E-state index contributed by atoms with van der Waals surface area (Å²) in [5, 5.41) is 44.4. The van der Waals surface area contributed by atoms with E-state index in [9.17, 15) is 20.4 Å². The van der Waals surface area contributed by atoms with Crippen molar-refractivity contribution in [2.45, 2.75) is 47.8 Å². The van der Waals surface area contributed by atoms with Crippen LogP contribution in [0.1, 0.15) is 0 Å². The van der Waals surface area contributed by atoms with Crippen molar-refractivity contribution in [1.82, 2.24) is 5.32 Å². The highest BCUT2D eigenvalue weighted by molar-refractivity contribution is 5.80. The van der Waals surface area contributed by atoms with Gasteiger partial charge >= 0.3 is 5.97 Å². The van der Waals surface area contributed by atoms with Gasteiger partial charge in [-0.15, -0.1) is 0 Å². The van der Waals surface area contributed by atoms with Gasteiger partial charge in [0.1, 0.15) is 29.5 Å². The Labute approximate surface area is 118 Å². The molecule has 5 heterocycles. The van der Waals surface area contributed by atoms with Crippen LogP contribution in [0.15, 0.2) is 4.99 Å². The van der Waals surface area contributed by atoms with E-state index in [-0.39, 0.29) is 5.96 Å². The Morgan fingerprint density at radius 1 is 1.29 bits per heavy atom. The van der Waals surface area contributed by atoms with E-state index >= 15 is 0 Å². The SMILES string of the molecule is NC1=N[C@H]2O[C@@H]3[C@]4(O)O[C@@H]5[C@H]2[C@]3(N1)[C@H](O)[C@H](O4)[C@]5(O)CO. The molecule has 0 radical (unpaired) electrons. The second-order valence-electron chi connectivity index (χ2n) is 6.31. The first-order valence-electron chi connectivity index (χ1n) is 6.73. The lowest BCUT2D eigenvalue weighted by atomic mass is 9.56. The molecule has 7 bridgehead atoms. The number of hydrogen-bond acceptors (Lipinski definition) is 10. The third-order valence-corrected chi connectivity index (χ3v) is 5.44. The molecule has 10 heteroatoms. The van der Waals surface area contributed by atoms with E-state index in [2.05, 4.69) is 10.3 Å². The third kappa shape index (κ3) is 1.03. The molecule has 116 valence electrons. The molecule has 21 heavy (non-hydrogen) atoms. The van der Waals surface area contributed by atoms with Crippen molar-refractivity contribution in [2.75, 3.05) is 6.61 Å². The van der Waals surface area contributed by atoms with Crippen molar-refractivity contribution in [2.24, 2.45) is 16.6 Å². The number of rotatable bonds is 1. The van der Waals surface area contributed by atoms with Crippen LogP contribution in [0.4, 0.5) is 0 Å². The van der Waals surface area contributed by atoms with Crippen molar-refractivity contribution in [3.8, 4) is 0 Å². The number of aliphatic hydroxyl groups is 4. The monoisotopic (exact) mass is 301 g/mol. The van der Waals surface area contributed by atoms with E-state index in [1.165, 1.54) is 0 Å². The number of ether oxygens (including phenoxy) is 3. The first kappa shape index (κ1) is 12.5. The summed E-state index contributed by atoms with van der Waals surface area (Å²) >= 11 is 0. The Hall–Kier alpha value is -1.01. The van der Waals surface area contributed by atoms with E-state index in [4.69, 9.17) is 19.9 Å². The number of hydrogen-bond donors (Lipinski definition) is 6. The molecular weight excluding hydrogens is 286 g/mol. The van der Waals surface area contributed by atoms with Gasteiger partial charge in [-0.25, -0.2) is 4.99 Å². The van der Waals surface area contributed by atoms with Crippen LogP contribution in [0.5, 0.6) is 0 Å². The molecule has 7 N–H and O–H groups in total. The van der Waals surface area contributed by atoms with E-state index in [0.717, 1.165) is 0 Å². The number of guanidine groups is 1. The summed E-state index contributed by atoms with van der Waals surface area (Å²) in [5.41, 5.74) is 2.70. The van der Waals surface area contributed by atoms with Gasteiger partial charge in [0.15, 0.2) is 18.3 Å². The smallest absolute Gasteiger partial charge is 0.311 e. The van der Waals surface area contributed by atoms with Gasteiger partial charge in [0.2, 0.25) is 0 Å². The summed E-state index contributed by atoms with van der Waals surface area (Å²) in [6.07, 6.45) is -5.35. The first-order chi connectivity index (χ1) is 9.87. The highest BCUT2D eigenvalue weighted by Crippen LogP contribution is 2.63. The maximum absolute atomic E-state index is 10.7. The molecule has 1 spiro atoms. The summed E-state index contributed by atoms with van der Waals surface area (Å²) in [4.78, 5) is 4.09. The molecule has 0 amide bonds. The molecule has 0 aromatic carbocycles. The van der Waals surface area contributed by atoms with Gasteiger partial charge in [0, 0.05) is 0 Å². The van der Waals surface area contributed by atoms with Crippen LogP contribution < -0.4 is 11.1 Å². The van der Waals surface area contributed by atoms with E-state index in [0.29, 0.717) is 0 Å². The lowest BCUT2D eigenvalue weighted by molar-refractivity contribution is -0.529. The Kier molecular flexibility index (Phi) is 1.89. The fourth-order valence-corrected chi connectivity index (χ4v) is 4.65. The zero-order valence-corrected chi connectivity index (χ0v) is 10.7. The van der Waals surface area contributed by atoms with Gasteiger partial charge in [-0.3, -0.25) is 0 Å². The Morgan fingerprint density at radius 2 is 2.00 bits per heavy atom. The van der Waals surface area contributed by atoms with Crippen LogP contribution in [-0.2, 0) is 14.2 Å². The summed E-state index contributed by atoms with van der Waals surface area (Å²) in [5.74, 6) is -2.66. The van der Waals surface area contributed by atoms with Crippen molar-refractivity contribution in [1.29, 1.82) is 0 Å². The van der Waals surface area contributed by atoms with Crippen molar-refractivity contribution < 1.29 is 34.6 Å². The van der Waals surface area contributed by atoms with E-state index in [1.54, 1.807) is 0 Å². The first-order valence-corrected chi connectivity index (χ1v) is 6.73. The highest BCUT2D eigenvalue weighted by Gasteiger charge is 2.86. The molecule has 6 rings (SSSR count). The molecule has 9 atom stereocenters. The van der Waals surface area contributed by atoms with Crippen LogP contribution in [0.2, 0.25) is 0 Å². The number of nitrogens with zero attached hydrogens (tertiary/aromatic N) is 1. The molecular formula is C11H15N3O7. The minimum absolute atomic E-state index is 0.0795. The molecule has 4 saturated heterocycles. The molecule has 5 fully saturated rings. The fourth-order valence-electron chi connectivity index (χ4n) is 4.65. The molecule has 0 unspecified atom stereocenters. The average molecular weight is 301 g/mol. The molecule has 10 nitrogen and oxygen atoms in total. The molecule has 0 aromatic rings. The third-order valence-electron chi connectivity index (χ3n) is 5.44. The predicted octanol–water partition coefficient (Wildman–Crippen LogP) is -4.47. The normalized spacial score (nSPS) is 66.2. The quantitative estimate of drug-likeness (QED) is 0.281. The standard InChI is InChI=1S/C11H15N3O7/c12-8-13-6-2-4-9(17,1-15)5-3(16)10(2,14-8)7(19-6)11(18,20-4)21-5/h2-7,15-18H,1H2,(H3,12,13,14)/t2-,3-,4-,5+,6+,7+,9+,10+,11+/m1/s1. The van der Waals surface area contributed by atoms with E-state index < -0.39 is 60.3 Å². The van der Waals surface area contributed by atoms with Gasteiger partial charge in [-0.1, -0.05) is 0 Å². The Bertz CT molecular complexity index is 574. The second-order valence-corrected chi connectivity index (χ2v) is 6.31. The van der Waals surface area contributed by atoms with Crippen molar-refractivity contribution in [3.63, 3.8) is 0 Å². The van der Waals surface area contributed by atoms with Gasteiger partial charge in [-0.05, 0) is 0 Å². The van der Waals surface area contributed by atoms with Crippen LogP contribution in [0.3, 0.4) is 0 Å². The fraction of sp³-hybridized carbons (Fsp3) is 0.909. The number of nitrogens with one attached hydrogen (secondary N) is 1. The molecule has 0 aromatic heterocycles. The van der Waals surface area contributed by atoms with Crippen LogP contribution in [-0.4, -0.2) is 80.7 Å². The van der Waals surface area contributed by atoms with Gasteiger partial charge in [-0.2, -0.15) is 0 Å². The maximum Gasteiger partial charge on any atom is 0.311 e. The van der Waals surface area contributed by atoms with Crippen molar-refractivity contribution in [3.05, 3.63) is 0 Å². The lowest BCUT2D eigenvalue weighted by Crippen LogP contribution is -2.92. The van der Waals surface area contributed by atoms with Gasteiger partial charge in [0.25, 0.3) is 0 Å². The largest absolute Gasteiger partial charge is 0.393 e. The van der Waals surface area contributed by atoms with Crippen LogP contribution >= 0.6 is 0 Å². The van der Waals surface area contributed by atoms with Gasteiger partial charge in [0.05, 0.1) is 12.5 Å². The summed E-state index contributed by atoms with van der Waals surface area (Å²) in [7, 11) is 0. The highest BCUT2D eigenvalue weighted by atomic mass is 16.9. The Balaban J connectivity index is 1.77. The average Bonchev–Trinajstić information content (AvgIpc) is 2.59. The Morgan fingerprint density at radius 3 is 2.71 bits per heavy atom. The maximum atomic E-state index is 10.7. The topological polar surface area (TPSA) is 159 Å². The van der Waals surface area contributed by atoms with E-state index in [1.807, 2.05) is 0 Å². The number of nitrogens with two attached hydrogens (primary N) is 1.